The monoisotopic (exact) mass is 306 g/mol. The van der Waals surface area contributed by atoms with E-state index >= 15 is 0 Å². The van der Waals surface area contributed by atoms with Gasteiger partial charge in [0, 0.05) is 41.0 Å². The predicted octanol–water partition coefficient (Wildman–Crippen LogP) is 2.92. The first-order valence-corrected chi connectivity index (χ1v) is 8.22. The van der Waals surface area contributed by atoms with Crippen molar-refractivity contribution in [1.82, 2.24) is 10.3 Å². The highest BCUT2D eigenvalue weighted by Gasteiger charge is 2.33. The second-order valence-corrected chi connectivity index (χ2v) is 6.51. The van der Waals surface area contributed by atoms with Gasteiger partial charge >= 0.3 is 0 Å². The summed E-state index contributed by atoms with van der Waals surface area (Å²) in [7, 11) is 0. The summed E-state index contributed by atoms with van der Waals surface area (Å²) in [5, 5.41) is 4.32. The van der Waals surface area contributed by atoms with Crippen LogP contribution in [0.5, 0.6) is 0 Å². The van der Waals surface area contributed by atoms with Crippen LogP contribution in [0.15, 0.2) is 52.5 Å². The first-order valence-electron chi connectivity index (χ1n) is 8.22. The van der Waals surface area contributed by atoms with Gasteiger partial charge in [-0.2, -0.15) is 0 Å². The molecule has 1 unspecified atom stereocenters. The van der Waals surface area contributed by atoms with Crippen molar-refractivity contribution >= 4 is 10.9 Å². The zero-order valence-electron chi connectivity index (χ0n) is 12.8. The third-order valence-electron chi connectivity index (χ3n) is 5.21. The maximum absolute atomic E-state index is 12.7. The van der Waals surface area contributed by atoms with Gasteiger partial charge < -0.3 is 15.0 Å². The molecule has 2 aliphatic heterocycles. The molecule has 4 heteroatoms. The Labute approximate surface area is 133 Å². The Morgan fingerprint density at radius 2 is 2.13 bits per heavy atom. The topological polar surface area (TPSA) is 54.1 Å². The number of pyridine rings is 1. The van der Waals surface area contributed by atoms with Crippen molar-refractivity contribution in [2.24, 2.45) is 5.92 Å². The van der Waals surface area contributed by atoms with E-state index in [1.165, 1.54) is 5.57 Å². The summed E-state index contributed by atoms with van der Waals surface area (Å²) in [5.74, 6) is 1.43. The number of benzene rings is 1. The van der Waals surface area contributed by atoms with Crippen LogP contribution in [-0.2, 0) is 11.3 Å². The number of para-hydroxylation sites is 1. The van der Waals surface area contributed by atoms with Crippen LogP contribution >= 0.6 is 0 Å². The van der Waals surface area contributed by atoms with Gasteiger partial charge in [0.2, 0.25) is 0 Å². The van der Waals surface area contributed by atoms with Crippen molar-refractivity contribution in [3.8, 4) is 0 Å². The van der Waals surface area contributed by atoms with Crippen LogP contribution in [0.25, 0.3) is 10.9 Å². The third-order valence-corrected chi connectivity index (χ3v) is 5.21. The largest absolute Gasteiger partial charge is 0.493 e. The number of fused-ring (bicyclic) bond motifs is 3. The molecule has 2 aromatic rings. The first kappa shape index (κ1) is 13.1. The minimum atomic E-state index is 0.160. The molecule has 1 fully saturated rings. The quantitative estimate of drug-likeness (QED) is 0.852. The number of nitrogens with one attached hydrogen (secondary N) is 2. The Morgan fingerprint density at radius 3 is 3.09 bits per heavy atom. The van der Waals surface area contributed by atoms with Crippen LogP contribution in [-0.4, -0.2) is 11.6 Å². The molecule has 2 N–H and O–H groups in total. The van der Waals surface area contributed by atoms with E-state index in [1.54, 1.807) is 0 Å². The minimum absolute atomic E-state index is 0.160. The second-order valence-electron chi connectivity index (χ2n) is 6.51. The van der Waals surface area contributed by atoms with Gasteiger partial charge in [-0.15, -0.1) is 0 Å². The number of aromatic nitrogens is 1. The van der Waals surface area contributed by atoms with E-state index in [2.05, 4.69) is 22.5 Å². The summed E-state index contributed by atoms with van der Waals surface area (Å²) < 4.78 is 5.63. The Morgan fingerprint density at radius 1 is 1.22 bits per heavy atom. The fraction of sp³-hybridized carbons (Fsp3) is 0.316. The molecule has 23 heavy (non-hydrogen) atoms. The maximum atomic E-state index is 12.7. The van der Waals surface area contributed by atoms with Crippen molar-refractivity contribution < 1.29 is 4.74 Å². The number of hydrogen-bond acceptors (Lipinski definition) is 3. The second kappa shape index (κ2) is 4.83. The molecule has 0 saturated carbocycles. The van der Waals surface area contributed by atoms with Crippen LogP contribution < -0.4 is 10.7 Å². The summed E-state index contributed by atoms with van der Waals surface area (Å²) in [5.41, 5.74) is 4.36. The van der Waals surface area contributed by atoms with Crippen molar-refractivity contribution in [1.29, 1.82) is 0 Å². The van der Waals surface area contributed by atoms with E-state index < -0.39 is 0 Å². The lowest BCUT2D eigenvalue weighted by molar-refractivity contribution is 0.262. The smallest absolute Gasteiger partial charge is 0.194 e. The molecule has 2 atom stereocenters. The normalized spacial score (nSPS) is 25.6. The highest BCUT2D eigenvalue weighted by atomic mass is 16.5. The molecule has 0 radical (unpaired) electrons. The van der Waals surface area contributed by atoms with Crippen LogP contribution in [0.4, 0.5) is 0 Å². The molecular formula is C19H18N2O2. The molecule has 0 spiro atoms. The summed E-state index contributed by atoms with van der Waals surface area (Å²) >= 11 is 0. The van der Waals surface area contributed by atoms with Gasteiger partial charge in [-0.25, -0.2) is 0 Å². The molecule has 0 bridgehead atoms. The Bertz CT molecular complexity index is 923. The number of rotatable bonds is 1. The Kier molecular flexibility index (Phi) is 2.76. The zero-order valence-corrected chi connectivity index (χ0v) is 12.8. The van der Waals surface area contributed by atoms with Crippen LogP contribution in [0.1, 0.15) is 30.1 Å². The standard InChI is InChI=1S/C19H18N2O2/c22-19-13-3-1-2-4-15(13)21-18-14(19)10-20-17(18)12-5-6-16-11(9-12)7-8-23-16/h1-4,6,9,12,17,20H,5,7-8,10H2,(H,21,22)/t12?,17-/m1/s1. The fourth-order valence-corrected chi connectivity index (χ4v) is 4.06. The molecule has 3 heterocycles. The van der Waals surface area contributed by atoms with Gasteiger partial charge in [0.05, 0.1) is 12.6 Å². The Balaban J connectivity index is 1.60. The maximum Gasteiger partial charge on any atom is 0.194 e. The first-order chi connectivity index (χ1) is 11.3. The van der Waals surface area contributed by atoms with Crippen molar-refractivity contribution in [3.63, 3.8) is 0 Å². The van der Waals surface area contributed by atoms with Gasteiger partial charge in [-0.3, -0.25) is 4.79 Å². The molecule has 1 aromatic heterocycles. The highest BCUT2D eigenvalue weighted by molar-refractivity contribution is 5.79. The number of H-pyrrole nitrogens is 1. The molecule has 116 valence electrons. The summed E-state index contributed by atoms with van der Waals surface area (Å²) in [6.45, 7) is 1.44. The number of aromatic amines is 1. The van der Waals surface area contributed by atoms with E-state index in [1.807, 2.05) is 24.3 Å². The van der Waals surface area contributed by atoms with E-state index in [9.17, 15) is 4.79 Å². The van der Waals surface area contributed by atoms with E-state index in [4.69, 9.17) is 4.74 Å². The van der Waals surface area contributed by atoms with Crippen molar-refractivity contribution in [2.45, 2.75) is 25.4 Å². The zero-order chi connectivity index (χ0) is 15.4. The van der Waals surface area contributed by atoms with Crippen LogP contribution in [0, 0.1) is 5.92 Å². The molecule has 1 aromatic carbocycles. The molecule has 4 nitrogen and oxygen atoms in total. The lowest BCUT2D eigenvalue weighted by atomic mass is 9.87. The molecule has 5 rings (SSSR count). The van der Waals surface area contributed by atoms with Gasteiger partial charge in [-0.1, -0.05) is 18.2 Å². The molecule has 0 amide bonds. The Hall–Kier alpha value is -2.33. The lowest BCUT2D eigenvalue weighted by Gasteiger charge is -2.24. The van der Waals surface area contributed by atoms with Gasteiger partial charge in [0.15, 0.2) is 5.43 Å². The fourth-order valence-electron chi connectivity index (χ4n) is 4.06. The summed E-state index contributed by atoms with van der Waals surface area (Å²) in [6, 6.07) is 7.94. The predicted molar refractivity (Wildman–Crippen MR) is 89.0 cm³/mol. The van der Waals surface area contributed by atoms with Crippen LogP contribution in [0.3, 0.4) is 0 Å². The average molecular weight is 306 g/mol. The average Bonchev–Trinajstić information content (AvgIpc) is 3.21. The highest BCUT2D eigenvalue weighted by Crippen LogP contribution is 2.38. The third kappa shape index (κ3) is 1.91. The van der Waals surface area contributed by atoms with Crippen molar-refractivity contribution in [3.05, 3.63) is 69.2 Å². The number of ether oxygens (including phenoxy) is 1. The van der Waals surface area contributed by atoms with E-state index in [-0.39, 0.29) is 11.5 Å². The van der Waals surface area contributed by atoms with Gasteiger partial charge in [-0.05, 0) is 30.2 Å². The van der Waals surface area contributed by atoms with Crippen molar-refractivity contribution in [2.75, 3.05) is 6.61 Å². The summed E-state index contributed by atoms with van der Waals surface area (Å²) in [4.78, 5) is 16.2. The minimum Gasteiger partial charge on any atom is -0.493 e. The van der Waals surface area contributed by atoms with E-state index in [0.717, 1.165) is 47.4 Å². The van der Waals surface area contributed by atoms with Crippen LogP contribution in [0.2, 0.25) is 0 Å². The van der Waals surface area contributed by atoms with Gasteiger partial charge in [0.25, 0.3) is 0 Å². The lowest BCUT2D eigenvalue weighted by Crippen LogP contribution is -2.22. The van der Waals surface area contributed by atoms with E-state index in [0.29, 0.717) is 12.5 Å². The number of allylic oxidation sites excluding steroid dienone is 2. The molecule has 3 aliphatic rings. The molecular weight excluding hydrogens is 288 g/mol. The summed E-state index contributed by atoms with van der Waals surface area (Å²) in [6.07, 6.45) is 6.48. The number of hydrogen-bond donors (Lipinski definition) is 2. The SMILES string of the molecule is O=c1c2c([nH]c3ccccc13)[C@@H](C1C=C3CCOC3=CC1)NC2. The molecule has 1 saturated heterocycles. The molecule has 1 aliphatic carbocycles. The van der Waals surface area contributed by atoms with Gasteiger partial charge in [0.1, 0.15) is 5.76 Å².